The highest BCUT2D eigenvalue weighted by atomic mass is 32.2. The standard InChI is InChI=1S/C12H16N2O2S/c1-8-9(2)17-7-6-14(8)11-10(12(15)16)4-3-5-13-11/h3-5,8-9H,6-7H2,1-2H3,(H,15,16). The number of hydrogen-bond donors (Lipinski definition) is 1. The predicted molar refractivity (Wildman–Crippen MR) is 69.9 cm³/mol. The van der Waals surface area contributed by atoms with E-state index >= 15 is 0 Å². The summed E-state index contributed by atoms with van der Waals surface area (Å²) in [5.41, 5.74) is 0.290. The number of nitrogens with zero attached hydrogens (tertiary/aromatic N) is 2. The van der Waals surface area contributed by atoms with Crippen LogP contribution in [0.4, 0.5) is 5.82 Å². The summed E-state index contributed by atoms with van der Waals surface area (Å²) in [5, 5.41) is 9.67. The molecule has 0 spiro atoms. The van der Waals surface area contributed by atoms with Crippen molar-refractivity contribution < 1.29 is 9.90 Å². The summed E-state index contributed by atoms with van der Waals surface area (Å²) in [6.07, 6.45) is 1.65. The Morgan fingerprint density at radius 1 is 1.59 bits per heavy atom. The predicted octanol–water partition coefficient (Wildman–Crippen LogP) is 2.11. The molecule has 2 heterocycles. The van der Waals surface area contributed by atoms with Gasteiger partial charge in [-0.3, -0.25) is 0 Å². The monoisotopic (exact) mass is 252 g/mol. The van der Waals surface area contributed by atoms with Crippen LogP contribution in [0.3, 0.4) is 0 Å². The van der Waals surface area contributed by atoms with Crippen molar-refractivity contribution in [2.75, 3.05) is 17.2 Å². The first-order valence-corrected chi connectivity index (χ1v) is 6.72. The van der Waals surface area contributed by atoms with Crippen LogP contribution in [0.15, 0.2) is 18.3 Å². The summed E-state index contributed by atoms with van der Waals surface area (Å²) in [7, 11) is 0. The van der Waals surface area contributed by atoms with Gasteiger partial charge in [-0.2, -0.15) is 11.8 Å². The number of thioether (sulfide) groups is 1. The molecule has 92 valence electrons. The van der Waals surface area contributed by atoms with Gasteiger partial charge in [-0.1, -0.05) is 6.92 Å². The maximum atomic E-state index is 11.2. The second kappa shape index (κ2) is 4.96. The molecule has 2 rings (SSSR count). The van der Waals surface area contributed by atoms with Gasteiger partial charge in [0.25, 0.3) is 0 Å². The molecule has 1 aromatic rings. The molecule has 1 fully saturated rings. The van der Waals surface area contributed by atoms with Crippen molar-refractivity contribution in [2.45, 2.75) is 25.1 Å². The molecule has 0 amide bonds. The molecule has 1 N–H and O–H groups in total. The molecule has 0 saturated carbocycles. The fraction of sp³-hybridized carbons (Fsp3) is 0.500. The topological polar surface area (TPSA) is 53.4 Å². The highest BCUT2D eigenvalue weighted by molar-refractivity contribution is 8.00. The van der Waals surface area contributed by atoms with Gasteiger partial charge in [0.05, 0.1) is 0 Å². The Kier molecular flexibility index (Phi) is 3.57. The van der Waals surface area contributed by atoms with Crippen LogP contribution in [0.5, 0.6) is 0 Å². The van der Waals surface area contributed by atoms with Crippen molar-refractivity contribution in [3.05, 3.63) is 23.9 Å². The van der Waals surface area contributed by atoms with Crippen LogP contribution in [-0.4, -0.2) is 39.6 Å². The summed E-state index contributed by atoms with van der Waals surface area (Å²) in [5.74, 6) is 0.701. The van der Waals surface area contributed by atoms with E-state index in [4.69, 9.17) is 0 Å². The van der Waals surface area contributed by atoms with Crippen LogP contribution in [0.2, 0.25) is 0 Å². The highest BCUT2D eigenvalue weighted by Crippen LogP contribution is 2.29. The van der Waals surface area contributed by atoms with E-state index in [1.165, 1.54) is 0 Å². The average Bonchev–Trinajstić information content (AvgIpc) is 2.33. The molecule has 1 aliphatic rings. The minimum Gasteiger partial charge on any atom is -0.478 e. The average molecular weight is 252 g/mol. The van der Waals surface area contributed by atoms with E-state index in [1.54, 1.807) is 18.3 Å². The van der Waals surface area contributed by atoms with Crippen LogP contribution in [0.1, 0.15) is 24.2 Å². The van der Waals surface area contributed by atoms with Gasteiger partial charge < -0.3 is 10.0 Å². The van der Waals surface area contributed by atoms with Gasteiger partial charge in [0.2, 0.25) is 0 Å². The number of pyridine rings is 1. The Labute approximate surface area is 105 Å². The first kappa shape index (κ1) is 12.2. The first-order chi connectivity index (χ1) is 8.11. The van der Waals surface area contributed by atoms with Gasteiger partial charge in [0, 0.05) is 29.8 Å². The molecule has 1 saturated heterocycles. The Bertz CT molecular complexity index is 425. The molecular formula is C12H16N2O2S. The zero-order valence-corrected chi connectivity index (χ0v) is 10.8. The van der Waals surface area contributed by atoms with Crippen molar-refractivity contribution in [1.82, 2.24) is 4.98 Å². The van der Waals surface area contributed by atoms with Crippen molar-refractivity contribution >= 4 is 23.5 Å². The highest BCUT2D eigenvalue weighted by Gasteiger charge is 2.28. The molecular weight excluding hydrogens is 236 g/mol. The third-order valence-electron chi connectivity index (χ3n) is 3.17. The van der Waals surface area contributed by atoms with E-state index in [2.05, 4.69) is 23.7 Å². The quantitative estimate of drug-likeness (QED) is 0.873. The van der Waals surface area contributed by atoms with Crippen LogP contribution in [0.25, 0.3) is 0 Å². The molecule has 2 unspecified atom stereocenters. The number of hydrogen-bond acceptors (Lipinski definition) is 4. The number of aromatic nitrogens is 1. The number of carboxylic acid groups (broad SMARTS) is 1. The number of anilines is 1. The van der Waals surface area contributed by atoms with Gasteiger partial charge in [0.15, 0.2) is 0 Å². The maximum Gasteiger partial charge on any atom is 0.339 e. The van der Waals surface area contributed by atoms with Gasteiger partial charge in [-0.05, 0) is 19.1 Å². The maximum absolute atomic E-state index is 11.2. The lowest BCUT2D eigenvalue weighted by molar-refractivity contribution is 0.0697. The smallest absolute Gasteiger partial charge is 0.339 e. The zero-order chi connectivity index (χ0) is 12.4. The molecule has 1 aliphatic heterocycles. The van der Waals surface area contributed by atoms with Crippen molar-refractivity contribution in [3.63, 3.8) is 0 Å². The van der Waals surface area contributed by atoms with Crippen LogP contribution in [-0.2, 0) is 0 Å². The lowest BCUT2D eigenvalue weighted by Crippen LogP contribution is -2.45. The van der Waals surface area contributed by atoms with Gasteiger partial charge in [-0.25, -0.2) is 9.78 Å². The van der Waals surface area contributed by atoms with Gasteiger partial charge >= 0.3 is 5.97 Å². The summed E-state index contributed by atoms with van der Waals surface area (Å²) in [6.45, 7) is 5.15. The molecule has 17 heavy (non-hydrogen) atoms. The Balaban J connectivity index is 2.36. The molecule has 4 nitrogen and oxygen atoms in total. The van der Waals surface area contributed by atoms with E-state index in [-0.39, 0.29) is 0 Å². The SMILES string of the molecule is CC1SCCN(c2ncccc2C(=O)O)C1C. The number of carboxylic acids is 1. The van der Waals surface area contributed by atoms with Crippen LogP contribution < -0.4 is 4.90 Å². The molecule has 0 radical (unpaired) electrons. The van der Waals surface area contributed by atoms with E-state index in [0.717, 1.165) is 12.3 Å². The van der Waals surface area contributed by atoms with Crippen LogP contribution in [0, 0.1) is 0 Å². The second-order valence-electron chi connectivity index (χ2n) is 4.19. The van der Waals surface area contributed by atoms with E-state index in [0.29, 0.717) is 22.7 Å². The zero-order valence-electron chi connectivity index (χ0n) is 9.96. The number of aromatic carboxylic acids is 1. The third kappa shape index (κ3) is 2.39. The molecule has 2 atom stereocenters. The summed E-state index contributed by atoms with van der Waals surface area (Å²) >= 11 is 1.92. The largest absolute Gasteiger partial charge is 0.478 e. The van der Waals surface area contributed by atoms with Crippen LogP contribution >= 0.6 is 11.8 Å². The normalized spacial score (nSPS) is 24.7. The fourth-order valence-corrected chi connectivity index (χ4v) is 3.12. The number of rotatable bonds is 2. The Morgan fingerprint density at radius 3 is 3.06 bits per heavy atom. The lowest BCUT2D eigenvalue weighted by atomic mass is 10.1. The Morgan fingerprint density at radius 2 is 2.35 bits per heavy atom. The molecule has 5 heteroatoms. The second-order valence-corrected chi connectivity index (χ2v) is 5.67. The Hall–Kier alpha value is -1.23. The number of carbonyl (C=O) groups is 1. The molecule has 0 aliphatic carbocycles. The van der Waals surface area contributed by atoms with Gasteiger partial charge in [0.1, 0.15) is 11.4 Å². The lowest BCUT2D eigenvalue weighted by Gasteiger charge is -2.38. The van der Waals surface area contributed by atoms with Crippen molar-refractivity contribution in [1.29, 1.82) is 0 Å². The van der Waals surface area contributed by atoms with Gasteiger partial charge in [-0.15, -0.1) is 0 Å². The molecule has 0 aromatic carbocycles. The molecule has 1 aromatic heterocycles. The third-order valence-corrected chi connectivity index (χ3v) is 4.51. The minimum atomic E-state index is -0.911. The summed E-state index contributed by atoms with van der Waals surface area (Å²) in [6, 6.07) is 3.59. The van der Waals surface area contributed by atoms with Crippen molar-refractivity contribution in [3.8, 4) is 0 Å². The first-order valence-electron chi connectivity index (χ1n) is 5.68. The summed E-state index contributed by atoms with van der Waals surface area (Å²) < 4.78 is 0. The van der Waals surface area contributed by atoms with E-state index in [1.807, 2.05) is 11.8 Å². The van der Waals surface area contributed by atoms with E-state index < -0.39 is 5.97 Å². The minimum absolute atomic E-state index is 0.290. The van der Waals surface area contributed by atoms with Crippen molar-refractivity contribution in [2.24, 2.45) is 0 Å². The fourth-order valence-electron chi connectivity index (χ4n) is 2.02. The summed E-state index contributed by atoms with van der Waals surface area (Å²) in [4.78, 5) is 17.5. The van der Waals surface area contributed by atoms with E-state index in [9.17, 15) is 9.90 Å². The molecule has 0 bridgehead atoms.